The molecule has 214 valence electrons. The highest BCUT2D eigenvalue weighted by atomic mass is 14.2. The van der Waals surface area contributed by atoms with Crippen molar-refractivity contribution in [3.63, 3.8) is 0 Å². The lowest BCUT2D eigenvalue weighted by atomic mass is 9.84. The minimum absolute atomic E-state index is 1.22. The van der Waals surface area contributed by atoms with Crippen LogP contribution in [0.4, 0.5) is 0 Å². The van der Waals surface area contributed by atoms with E-state index in [1.165, 1.54) is 87.6 Å². The van der Waals surface area contributed by atoms with Crippen molar-refractivity contribution >= 4 is 43.1 Å². The Hall–Kier alpha value is -5.98. The summed E-state index contributed by atoms with van der Waals surface area (Å²) in [5.74, 6) is 0. The average molecular weight is 583 g/mol. The zero-order valence-electron chi connectivity index (χ0n) is 25.3. The number of rotatable bonds is 4. The Morgan fingerprint density at radius 3 is 1.30 bits per heavy atom. The van der Waals surface area contributed by atoms with E-state index in [2.05, 4.69) is 182 Å². The number of fused-ring (bicyclic) bond motifs is 4. The fourth-order valence-corrected chi connectivity index (χ4v) is 7.43. The number of benzene rings is 9. The molecule has 0 heteroatoms. The van der Waals surface area contributed by atoms with Gasteiger partial charge in [-0.05, 0) is 93.7 Å². The standard InChI is InChI=1S/C46H30/c1-3-15-33(16-4-1)44-38-21-9-11-23-40(38)46(41-24-12-10-22-39(41)44)35-27-26-32-28-29-42(37-25-13-19-31-14-7-8-20-36(31)37)45(43(32)30-35)34-17-5-2-6-18-34/h1-30H. The van der Waals surface area contributed by atoms with Crippen LogP contribution in [0.5, 0.6) is 0 Å². The first-order valence-corrected chi connectivity index (χ1v) is 15.9. The van der Waals surface area contributed by atoms with Crippen LogP contribution in [0.25, 0.3) is 87.6 Å². The molecule has 0 fully saturated rings. The van der Waals surface area contributed by atoms with Gasteiger partial charge in [-0.1, -0.05) is 176 Å². The van der Waals surface area contributed by atoms with Gasteiger partial charge in [-0.3, -0.25) is 0 Å². The van der Waals surface area contributed by atoms with Crippen LogP contribution in [-0.4, -0.2) is 0 Å². The van der Waals surface area contributed by atoms with Crippen molar-refractivity contribution in [3.05, 3.63) is 182 Å². The summed E-state index contributed by atoms with van der Waals surface area (Å²) in [6, 6.07) is 66.5. The fraction of sp³-hybridized carbons (Fsp3) is 0. The maximum atomic E-state index is 2.43. The molecule has 9 rings (SSSR count). The molecule has 0 unspecified atom stereocenters. The molecule has 0 aliphatic rings. The van der Waals surface area contributed by atoms with E-state index in [0.717, 1.165) is 0 Å². The first kappa shape index (κ1) is 26.4. The Morgan fingerprint density at radius 1 is 0.217 bits per heavy atom. The van der Waals surface area contributed by atoms with Gasteiger partial charge in [-0.25, -0.2) is 0 Å². The van der Waals surface area contributed by atoms with E-state index in [0.29, 0.717) is 0 Å². The van der Waals surface area contributed by atoms with Crippen molar-refractivity contribution in [1.82, 2.24) is 0 Å². The predicted molar refractivity (Wildman–Crippen MR) is 198 cm³/mol. The molecule has 9 aromatic carbocycles. The van der Waals surface area contributed by atoms with Crippen molar-refractivity contribution in [3.8, 4) is 44.5 Å². The van der Waals surface area contributed by atoms with E-state index in [1.54, 1.807) is 0 Å². The van der Waals surface area contributed by atoms with Gasteiger partial charge < -0.3 is 0 Å². The maximum absolute atomic E-state index is 2.43. The summed E-state index contributed by atoms with van der Waals surface area (Å²) in [7, 11) is 0. The number of hydrogen-bond acceptors (Lipinski definition) is 0. The average Bonchev–Trinajstić information content (AvgIpc) is 3.13. The molecule has 0 spiro atoms. The van der Waals surface area contributed by atoms with Gasteiger partial charge in [0.05, 0.1) is 0 Å². The molecule has 0 heterocycles. The predicted octanol–water partition coefficient (Wildman–Crippen LogP) is 13.0. The summed E-state index contributed by atoms with van der Waals surface area (Å²) in [5, 5.41) is 10.1. The summed E-state index contributed by atoms with van der Waals surface area (Å²) in [6.07, 6.45) is 0. The van der Waals surface area contributed by atoms with Gasteiger partial charge in [-0.2, -0.15) is 0 Å². The first-order valence-electron chi connectivity index (χ1n) is 15.9. The lowest BCUT2D eigenvalue weighted by molar-refractivity contribution is 1.62. The zero-order chi connectivity index (χ0) is 30.5. The fourth-order valence-electron chi connectivity index (χ4n) is 7.43. The van der Waals surface area contributed by atoms with Crippen LogP contribution in [0.2, 0.25) is 0 Å². The van der Waals surface area contributed by atoms with Gasteiger partial charge in [0.15, 0.2) is 0 Å². The minimum atomic E-state index is 1.22. The Balaban J connectivity index is 1.39. The third-order valence-corrected chi connectivity index (χ3v) is 9.45. The molecule has 0 atom stereocenters. The molecular formula is C46H30. The van der Waals surface area contributed by atoms with E-state index in [4.69, 9.17) is 0 Å². The van der Waals surface area contributed by atoms with Gasteiger partial charge in [0.2, 0.25) is 0 Å². The topological polar surface area (TPSA) is 0 Å². The van der Waals surface area contributed by atoms with E-state index in [9.17, 15) is 0 Å². The Bertz CT molecular complexity index is 2500. The summed E-state index contributed by atoms with van der Waals surface area (Å²) >= 11 is 0. The molecule has 0 saturated carbocycles. The lowest BCUT2D eigenvalue weighted by Gasteiger charge is -2.19. The SMILES string of the molecule is c1ccc(-c2c(-c3cccc4ccccc34)ccc3ccc(-c4c5ccccc5c(-c5ccccc5)c5ccccc45)cc23)cc1. The zero-order valence-corrected chi connectivity index (χ0v) is 25.3. The highest BCUT2D eigenvalue weighted by molar-refractivity contribution is 6.22. The summed E-state index contributed by atoms with van der Waals surface area (Å²) in [4.78, 5) is 0. The molecule has 0 amide bonds. The largest absolute Gasteiger partial charge is 0.0622 e. The Kier molecular flexibility index (Phi) is 6.25. The molecule has 0 nitrogen and oxygen atoms in total. The normalized spacial score (nSPS) is 11.5. The maximum Gasteiger partial charge on any atom is -0.00261 e. The van der Waals surface area contributed by atoms with Gasteiger partial charge >= 0.3 is 0 Å². The Labute approximate surface area is 268 Å². The van der Waals surface area contributed by atoms with Crippen LogP contribution in [0, 0.1) is 0 Å². The van der Waals surface area contributed by atoms with Crippen LogP contribution < -0.4 is 0 Å². The van der Waals surface area contributed by atoms with Gasteiger partial charge in [0, 0.05) is 0 Å². The van der Waals surface area contributed by atoms with E-state index >= 15 is 0 Å². The molecule has 0 radical (unpaired) electrons. The second kappa shape index (κ2) is 10.9. The smallest absolute Gasteiger partial charge is 0.00261 e. The van der Waals surface area contributed by atoms with Crippen molar-refractivity contribution < 1.29 is 0 Å². The molecule has 0 N–H and O–H groups in total. The summed E-state index contributed by atoms with van der Waals surface area (Å²) in [5.41, 5.74) is 10.0. The van der Waals surface area contributed by atoms with Crippen molar-refractivity contribution in [2.45, 2.75) is 0 Å². The molecular weight excluding hydrogens is 553 g/mol. The molecule has 9 aromatic rings. The molecule has 46 heavy (non-hydrogen) atoms. The molecule has 0 bridgehead atoms. The van der Waals surface area contributed by atoms with Crippen molar-refractivity contribution in [1.29, 1.82) is 0 Å². The van der Waals surface area contributed by atoms with Crippen LogP contribution in [0.1, 0.15) is 0 Å². The Morgan fingerprint density at radius 2 is 0.674 bits per heavy atom. The summed E-state index contributed by atoms with van der Waals surface area (Å²) < 4.78 is 0. The number of hydrogen-bond donors (Lipinski definition) is 0. The van der Waals surface area contributed by atoms with Crippen LogP contribution in [0.15, 0.2) is 182 Å². The minimum Gasteiger partial charge on any atom is -0.0622 e. The van der Waals surface area contributed by atoms with Gasteiger partial charge in [-0.15, -0.1) is 0 Å². The van der Waals surface area contributed by atoms with E-state index in [1.807, 2.05) is 0 Å². The van der Waals surface area contributed by atoms with Crippen molar-refractivity contribution in [2.24, 2.45) is 0 Å². The monoisotopic (exact) mass is 582 g/mol. The first-order chi connectivity index (χ1) is 22.8. The van der Waals surface area contributed by atoms with E-state index < -0.39 is 0 Å². The second-order valence-corrected chi connectivity index (χ2v) is 12.0. The van der Waals surface area contributed by atoms with Gasteiger partial charge in [0.25, 0.3) is 0 Å². The second-order valence-electron chi connectivity index (χ2n) is 12.0. The molecule has 0 aromatic heterocycles. The van der Waals surface area contributed by atoms with Crippen LogP contribution in [0.3, 0.4) is 0 Å². The van der Waals surface area contributed by atoms with Crippen LogP contribution >= 0.6 is 0 Å². The molecule has 0 aliphatic heterocycles. The lowest BCUT2D eigenvalue weighted by Crippen LogP contribution is -1.92. The highest BCUT2D eigenvalue weighted by Crippen LogP contribution is 2.46. The third-order valence-electron chi connectivity index (χ3n) is 9.45. The van der Waals surface area contributed by atoms with Crippen LogP contribution in [-0.2, 0) is 0 Å². The molecule has 0 saturated heterocycles. The molecule has 0 aliphatic carbocycles. The van der Waals surface area contributed by atoms with Gasteiger partial charge in [0.1, 0.15) is 0 Å². The summed E-state index contributed by atoms with van der Waals surface area (Å²) in [6.45, 7) is 0. The third kappa shape index (κ3) is 4.23. The van der Waals surface area contributed by atoms with Crippen molar-refractivity contribution in [2.75, 3.05) is 0 Å². The highest BCUT2D eigenvalue weighted by Gasteiger charge is 2.19. The quantitative estimate of drug-likeness (QED) is 0.181. The van der Waals surface area contributed by atoms with E-state index in [-0.39, 0.29) is 0 Å².